The molecule has 0 aromatic heterocycles. The number of aryl methyl sites for hydroxylation is 1. The van der Waals surface area contributed by atoms with Crippen LogP contribution in [0.25, 0.3) is 0 Å². The zero-order valence-electron chi connectivity index (χ0n) is 10.5. The highest BCUT2D eigenvalue weighted by Crippen LogP contribution is 2.09. The van der Waals surface area contributed by atoms with Crippen LogP contribution in [0, 0.1) is 0 Å². The van der Waals surface area contributed by atoms with Crippen molar-refractivity contribution >= 4 is 5.97 Å². The summed E-state index contributed by atoms with van der Waals surface area (Å²) >= 11 is 0. The van der Waals surface area contributed by atoms with Crippen molar-refractivity contribution in [1.29, 1.82) is 0 Å². The van der Waals surface area contributed by atoms with E-state index in [0.717, 1.165) is 6.42 Å². The van der Waals surface area contributed by atoms with E-state index in [-0.39, 0.29) is 5.97 Å². The van der Waals surface area contributed by atoms with Gasteiger partial charge in [-0.2, -0.15) is 0 Å². The number of carbonyl (C=O) groups is 1. The Bertz CT molecular complexity index is 321. The number of rotatable bonds is 7. The van der Waals surface area contributed by atoms with Gasteiger partial charge in [0.15, 0.2) is 6.10 Å². The summed E-state index contributed by atoms with van der Waals surface area (Å²) in [6, 6.07) is 10.1. The third-order valence-corrected chi connectivity index (χ3v) is 2.46. The van der Waals surface area contributed by atoms with Gasteiger partial charge >= 0.3 is 5.97 Å². The third kappa shape index (κ3) is 5.00. The Morgan fingerprint density at radius 2 is 1.88 bits per heavy atom. The number of benzene rings is 1. The molecule has 0 amide bonds. The van der Waals surface area contributed by atoms with Crippen LogP contribution >= 0.6 is 0 Å². The maximum atomic E-state index is 11.6. The zero-order chi connectivity index (χ0) is 12.5. The predicted molar refractivity (Wildman–Crippen MR) is 66.8 cm³/mol. The van der Waals surface area contributed by atoms with Crippen LogP contribution in [0.3, 0.4) is 0 Å². The summed E-state index contributed by atoms with van der Waals surface area (Å²) in [7, 11) is 0. The highest BCUT2D eigenvalue weighted by molar-refractivity contribution is 5.74. The lowest BCUT2D eigenvalue weighted by atomic mass is 10.1. The van der Waals surface area contributed by atoms with E-state index in [9.17, 15) is 4.79 Å². The number of carbonyl (C=O) groups excluding carboxylic acids is 1. The minimum Gasteiger partial charge on any atom is -0.464 e. The van der Waals surface area contributed by atoms with Crippen molar-refractivity contribution in [2.24, 2.45) is 0 Å². The molecule has 1 atom stereocenters. The molecule has 0 aliphatic heterocycles. The van der Waals surface area contributed by atoms with Gasteiger partial charge in [-0.05, 0) is 32.3 Å². The van der Waals surface area contributed by atoms with Crippen LogP contribution in [0.4, 0.5) is 0 Å². The summed E-state index contributed by atoms with van der Waals surface area (Å²) < 4.78 is 10.4. The first kappa shape index (κ1) is 13.7. The van der Waals surface area contributed by atoms with E-state index in [1.165, 1.54) is 5.56 Å². The molecule has 0 N–H and O–H groups in total. The quantitative estimate of drug-likeness (QED) is 0.683. The Kier molecular flexibility index (Phi) is 6.33. The fourth-order valence-electron chi connectivity index (χ4n) is 1.65. The number of esters is 1. The summed E-state index contributed by atoms with van der Waals surface area (Å²) in [5, 5.41) is 0. The molecule has 0 radical (unpaired) electrons. The Labute approximate surface area is 103 Å². The highest BCUT2D eigenvalue weighted by atomic mass is 16.6. The van der Waals surface area contributed by atoms with Crippen LogP contribution in [-0.2, 0) is 20.7 Å². The molecular formula is C14H20O3. The van der Waals surface area contributed by atoms with E-state index in [1.807, 2.05) is 37.3 Å². The minimum absolute atomic E-state index is 0.259. The first-order valence-electron chi connectivity index (χ1n) is 6.10. The number of hydrogen-bond acceptors (Lipinski definition) is 3. The molecule has 0 aliphatic rings. The van der Waals surface area contributed by atoms with Crippen molar-refractivity contribution in [2.45, 2.75) is 32.8 Å². The molecule has 0 bridgehead atoms. The van der Waals surface area contributed by atoms with Crippen molar-refractivity contribution in [2.75, 3.05) is 13.2 Å². The van der Waals surface area contributed by atoms with Crippen molar-refractivity contribution in [3.63, 3.8) is 0 Å². The van der Waals surface area contributed by atoms with Crippen LogP contribution < -0.4 is 0 Å². The van der Waals surface area contributed by atoms with Crippen LogP contribution in [0.15, 0.2) is 30.3 Å². The summed E-state index contributed by atoms with van der Waals surface area (Å²) in [4.78, 5) is 11.6. The molecule has 0 fully saturated rings. The number of ether oxygens (including phenoxy) is 2. The molecule has 3 nitrogen and oxygen atoms in total. The molecule has 94 valence electrons. The largest absolute Gasteiger partial charge is 0.464 e. The van der Waals surface area contributed by atoms with Crippen LogP contribution in [0.2, 0.25) is 0 Å². The molecule has 0 aliphatic carbocycles. The van der Waals surface area contributed by atoms with Crippen molar-refractivity contribution < 1.29 is 14.3 Å². The van der Waals surface area contributed by atoms with E-state index in [4.69, 9.17) is 9.47 Å². The Balaban J connectivity index is 2.47. The molecule has 17 heavy (non-hydrogen) atoms. The molecule has 1 aromatic carbocycles. The first-order chi connectivity index (χ1) is 8.27. The van der Waals surface area contributed by atoms with Gasteiger partial charge < -0.3 is 9.47 Å². The topological polar surface area (TPSA) is 35.5 Å². The Morgan fingerprint density at radius 3 is 2.47 bits per heavy atom. The molecule has 1 rings (SSSR count). The molecule has 0 saturated heterocycles. The molecule has 0 saturated carbocycles. The lowest BCUT2D eigenvalue weighted by Gasteiger charge is -2.15. The van der Waals surface area contributed by atoms with Gasteiger partial charge in [0.1, 0.15) is 0 Å². The molecule has 1 aromatic rings. The van der Waals surface area contributed by atoms with Gasteiger partial charge in [0, 0.05) is 6.61 Å². The second-order valence-corrected chi connectivity index (χ2v) is 3.72. The van der Waals surface area contributed by atoms with Gasteiger partial charge in [0.25, 0.3) is 0 Å². The molecule has 0 spiro atoms. The Hall–Kier alpha value is -1.35. The van der Waals surface area contributed by atoms with Gasteiger partial charge in [0.05, 0.1) is 6.61 Å². The van der Waals surface area contributed by atoms with E-state index >= 15 is 0 Å². The highest BCUT2D eigenvalue weighted by Gasteiger charge is 2.19. The third-order valence-electron chi connectivity index (χ3n) is 2.46. The van der Waals surface area contributed by atoms with Gasteiger partial charge in [-0.3, -0.25) is 0 Å². The summed E-state index contributed by atoms with van der Waals surface area (Å²) in [5.74, 6) is -0.259. The maximum absolute atomic E-state index is 11.6. The Morgan fingerprint density at radius 1 is 1.18 bits per heavy atom. The fourth-order valence-corrected chi connectivity index (χ4v) is 1.65. The SMILES string of the molecule is CCOC(=O)C(CCc1ccccc1)OCC. The second kappa shape index (κ2) is 7.85. The summed E-state index contributed by atoms with van der Waals surface area (Å²) in [6.07, 6.45) is 1.04. The standard InChI is InChI=1S/C14H20O3/c1-3-16-13(14(15)17-4-2)11-10-12-8-6-5-7-9-12/h5-9,13H,3-4,10-11H2,1-2H3. The summed E-state index contributed by atoms with van der Waals surface area (Å²) in [5.41, 5.74) is 1.21. The van der Waals surface area contributed by atoms with E-state index in [0.29, 0.717) is 19.6 Å². The molecular weight excluding hydrogens is 216 g/mol. The predicted octanol–water partition coefficient (Wildman–Crippen LogP) is 2.59. The lowest BCUT2D eigenvalue weighted by molar-refractivity contribution is -0.156. The summed E-state index contributed by atoms with van der Waals surface area (Å²) in [6.45, 7) is 4.61. The van der Waals surface area contributed by atoms with Gasteiger partial charge in [-0.1, -0.05) is 30.3 Å². The van der Waals surface area contributed by atoms with Gasteiger partial charge in [-0.15, -0.1) is 0 Å². The van der Waals surface area contributed by atoms with Crippen LogP contribution in [-0.4, -0.2) is 25.3 Å². The monoisotopic (exact) mass is 236 g/mol. The smallest absolute Gasteiger partial charge is 0.335 e. The average molecular weight is 236 g/mol. The molecule has 0 heterocycles. The second-order valence-electron chi connectivity index (χ2n) is 3.72. The molecule has 1 unspecified atom stereocenters. The van der Waals surface area contributed by atoms with E-state index in [2.05, 4.69) is 0 Å². The molecule has 3 heteroatoms. The normalized spacial score (nSPS) is 12.1. The zero-order valence-corrected chi connectivity index (χ0v) is 10.5. The van der Waals surface area contributed by atoms with Crippen LogP contribution in [0.5, 0.6) is 0 Å². The van der Waals surface area contributed by atoms with Crippen molar-refractivity contribution in [3.8, 4) is 0 Å². The maximum Gasteiger partial charge on any atom is 0.335 e. The van der Waals surface area contributed by atoms with E-state index < -0.39 is 6.10 Å². The van der Waals surface area contributed by atoms with E-state index in [1.54, 1.807) is 6.92 Å². The fraction of sp³-hybridized carbons (Fsp3) is 0.500. The average Bonchev–Trinajstić information content (AvgIpc) is 2.36. The van der Waals surface area contributed by atoms with Crippen molar-refractivity contribution in [1.82, 2.24) is 0 Å². The van der Waals surface area contributed by atoms with Crippen molar-refractivity contribution in [3.05, 3.63) is 35.9 Å². The number of hydrogen-bond donors (Lipinski definition) is 0. The lowest BCUT2D eigenvalue weighted by Crippen LogP contribution is -2.27. The first-order valence-corrected chi connectivity index (χ1v) is 6.10. The minimum atomic E-state index is -0.444. The van der Waals surface area contributed by atoms with Gasteiger partial charge in [-0.25, -0.2) is 4.79 Å². The van der Waals surface area contributed by atoms with Crippen LogP contribution in [0.1, 0.15) is 25.8 Å². The van der Waals surface area contributed by atoms with Gasteiger partial charge in [0.2, 0.25) is 0 Å².